The summed E-state index contributed by atoms with van der Waals surface area (Å²) in [5, 5.41) is 4.47. The van der Waals surface area contributed by atoms with Crippen molar-refractivity contribution in [3.05, 3.63) is 40.4 Å². The van der Waals surface area contributed by atoms with Gasteiger partial charge in [0.2, 0.25) is 0 Å². The van der Waals surface area contributed by atoms with E-state index in [4.69, 9.17) is 0 Å². The van der Waals surface area contributed by atoms with Crippen LogP contribution in [0.5, 0.6) is 0 Å². The van der Waals surface area contributed by atoms with Gasteiger partial charge in [0, 0.05) is 18.9 Å². The van der Waals surface area contributed by atoms with Gasteiger partial charge in [-0.2, -0.15) is 5.10 Å². The Morgan fingerprint density at radius 1 is 1.33 bits per heavy atom. The van der Waals surface area contributed by atoms with Crippen LogP contribution in [-0.2, 0) is 13.1 Å². The Kier molecular flexibility index (Phi) is 2.95. The van der Waals surface area contributed by atoms with Crippen LogP contribution in [0.3, 0.4) is 0 Å². The van der Waals surface area contributed by atoms with Gasteiger partial charge in [-0.05, 0) is 41.9 Å². The van der Waals surface area contributed by atoms with Crippen molar-refractivity contribution in [2.45, 2.75) is 26.9 Å². The Bertz CT molecular complexity index is 443. The van der Waals surface area contributed by atoms with Crippen molar-refractivity contribution >= 4 is 15.9 Å². The predicted octanol–water partition coefficient (Wildman–Crippen LogP) is 2.82. The zero-order chi connectivity index (χ0) is 10.8. The summed E-state index contributed by atoms with van der Waals surface area (Å²) >= 11 is 3.59. The summed E-state index contributed by atoms with van der Waals surface area (Å²) in [5.74, 6) is 0. The number of aryl methyl sites for hydroxylation is 2. The molecule has 0 aliphatic heterocycles. The highest BCUT2D eigenvalue weighted by Crippen LogP contribution is 2.21. The van der Waals surface area contributed by atoms with Crippen LogP contribution in [0.25, 0.3) is 0 Å². The van der Waals surface area contributed by atoms with Crippen molar-refractivity contribution in [3.63, 3.8) is 0 Å². The molecule has 2 aromatic heterocycles. The van der Waals surface area contributed by atoms with Gasteiger partial charge in [-0.25, -0.2) is 0 Å². The van der Waals surface area contributed by atoms with E-state index in [-0.39, 0.29) is 0 Å². The maximum absolute atomic E-state index is 4.47. The molecular weight excluding hydrogens is 254 g/mol. The normalized spacial score (nSPS) is 10.9. The lowest BCUT2D eigenvalue weighted by atomic mass is 10.3. The Balaban J connectivity index is 2.34. The molecule has 0 aliphatic carbocycles. The molecule has 0 spiro atoms. The van der Waals surface area contributed by atoms with Crippen molar-refractivity contribution in [1.82, 2.24) is 14.3 Å². The second-order valence-electron chi connectivity index (χ2n) is 3.52. The number of rotatable bonds is 3. The molecule has 2 aromatic rings. The van der Waals surface area contributed by atoms with E-state index in [1.807, 2.05) is 23.7 Å². The first-order valence-electron chi connectivity index (χ1n) is 5.05. The Morgan fingerprint density at radius 2 is 2.00 bits per heavy atom. The van der Waals surface area contributed by atoms with E-state index in [9.17, 15) is 0 Å². The van der Waals surface area contributed by atoms with E-state index >= 15 is 0 Å². The van der Waals surface area contributed by atoms with Crippen molar-refractivity contribution in [3.8, 4) is 0 Å². The highest BCUT2D eigenvalue weighted by molar-refractivity contribution is 9.10. The Labute approximate surface area is 97.8 Å². The lowest BCUT2D eigenvalue weighted by Crippen LogP contribution is -2.07. The van der Waals surface area contributed by atoms with Crippen LogP contribution in [0.15, 0.2) is 29.0 Å². The van der Waals surface area contributed by atoms with E-state index in [0.717, 1.165) is 23.3 Å². The van der Waals surface area contributed by atoms with Crippen molar-refractivity contribution < 1.29 is 0 Å². The van der Waals surface area contributed by atoms with Crippen LogP contribution < -0.4 is 0 Å². The monoisotopic (exact) mass is 267 g/mol. The highest BCUT2D eigenvalue weighted by Gasteiger charge is 2.11. The maximum Gasteiger partial charge on any atom is 0.0739 e. The molecule has 2 heterocycles. The standard InChI is InChI=1S/C11H14BrN3/c1-3-15-10(11(12)9(2)13-15)8-14-6-4-5-7-14/h4-7H,3,8H2,1-2H3. The summed E-state index contributed by atoms with van der Waals surface area (Å²) in [6, 6.07) is 4.07. The number of halogens is 1. The summed E-state index contributed by atoms with van der Waals surface area (Å²) in [7, 11) is 0. The van der Waals surface area contributed by atoms with Crippen molar-refractivity contribution in [2.75, 3.05) is 0 Å². The van der Waals surface area contributed by atoms with E-state index in [1.165, 1.54) is 5.69 Å². The molecule has 0 saturated carbocycles. The minimum atomic E-state index is 0.863. The molecule has 0 fully saturated rings. The smallest absolute Gasteiger partial charge is 0.0739 e. The van der Waals surface area contributed by atoms with Crippen LogP contribution in [0.4, 0.5) is 0 Å². The largest absolute Gasteiger partial charge is 0.348 e. The van der Waals surface area contributed by atoms with Crippen LogP contribution >= 0.6 is 15.9 Å². The molecule has 0 aliphatic rings. The first-order valence-corrected chi connectivity index (χ1v) is 5.84. The highest BCUT2D eigenvalue weighted by atomic mass is 79.9. The van der Waals surface area contributed by atoms with Crippen LogP contribution in [0, 0.1) is 6.92 Å². The third-order valence-corrected chi connectivity index (χ3v) is 3.48. The Morgan fingerprint density at radius 3 is 2.60 bits per heavy atom. The van der Waals surface area contributed by atoms with Gasteiger partial charge >= 0.3 is 0 Å². The molecule has 0 aromatic carbocycles. The molecule has 0 amide bonds. The lowest BCUT2D eigenvalue weighted by molar-refractivity contribution is 0.597. The van der Waals surface area contributed by atoms with E-state index in [0.29, 0.717) is 0 Å². The number of nitrogens with zero attached hydrogens (tertiary/aromatic N) is 3. The van der Waals surface area contributed by atoms with Gasteiger partial charge in [0.25, 0.3) is 0 Å². The molecule has 3 nitrogen and oxygen atoms in total. The maximum atomic E-state index is 4.47. The average molecular weight is 268 g/mol. The molecule has 0 radical (unpaired) electrons. The molecule has 0 unspecified atom stereocenters. The predicted molar refractivity (Wildman–Crippen MR) is 63.9 cm³/mol. The minimum Gasteiger partial charge on any atom is -0.348 e. The molecule has 2 rings (SSSR count). The van der Waals surface area contributed by atoms with Gasteiger partial charge in [-0.1, -0.05) is 0 Å². The summed E-state index contributed by atoms with van der Waals surface area (Å²) in [6.45, 7) is 5.90. The molecule has 0 atom stereocenters. The Hall–Kier alpha value is -1.03. The third kappa shape index (κ3) is 2.00. The zero-order valence-electron chi connectivity index (χ0n) is 8.94. The van der Waals surface area contributed by atoms with Crippen molar-refractivity contribution in [1.29, 1.82) is 0 Å². The zero-order valence-corrected chi connectivity index (χ0v) is 10.5. The van der Waals surface area contributed by atoms with Gasteiger partial charge in [0.15, 0.2) is 0 Å². The number of hydrogen-bond acceptors (Lipinski definition) is 1. The molecular formula is C11H14BrN3. The fourth-order valence-electron chi connectivity index (χ4n) is 1.67. The van der Waals surface area contributed by atoms with Crippen LogP contribution in [-0.4, -0.2) is 14.3 Å². The molecule has 4 heteroatoms. The SMILES string of the molecule is CCn1nc(C)c(Br)c1Cn1cccc1. The fraction of sp³-hybridized carbons (Fsp3) is 0.364. The number of hydrogen-bond donors (Lipinski definition) is 0. The van der Waals surface area contributed by atoms with Gasteiger partial charge in [-0.3, -0.25) is 4.68 Å². The first kappa shape index (κ1) is 10.5. The average Bonchev–Trinajstić information content (AvgIpc) is 2.82. The fourth-order valence-corrected chi connectivity index (χ4v) is 2.08. The molecule has 0 N–H and O–H groups in total. The van der Waals surface area contributed by atoms with Gasteiger partial charge in [0.1, 0.15) is 0 Å². The van der Waals surface area contributed by atoms with Gasteiger partial charge in [-0.15, -0.1) is 0 Å². The lowest BCUT2D eigenvalue weighted by Gasteiger charge is -2.06. The van der Waals surface area contributed by atoms with Gasteiger partial charge in [0.05, 0.1) is 22.4 Å². The summed E-state index contributed by atoms with van der Waals surface area (Å²) in [6.07, 6.45) is 4.13. The van der Waals surface area contributed by atoms with Gasteiger partial charge < -0.3 is 4.57 Å². The first-order chi connectivity index (χ1) is 7.22. The minimum absolute atomic E-state index is 0.863. The third-order valence-electron chi connectivity index (χ3n) is 2.45. The van der Waals surface area contributed by atoms with E-state index in [1.54, 1.807) is 0 Å². The summed E-state index contributed by atoms with van der Waals surface area (Å²) < 4.78 is 5.31. The van der Waals surface area contributed by atoms with Crippen LogP contribution in [0.1, 0.15) is 18.3 Å². The second kappa shape index (κ2) is 4.23. The van der Waals surface area contributed by atoms with Crippen LogP contribution in [0.2, 0.25) is 0 Å². The number of aromatic nitrogens is 3. The topological polar surface area (TPSA) is 22.8 Å². The van der Waals surface area contributed by atoms with E-state index < -0.39 is 0 Å². The molecule has 0 saturated heterocycles. The van der Waals surface area contributed by atoms with E-state index in [2.05, 4.69) is 44.9 Å². The second-order valence-corrected chi connectivity index (χ2v) is 4.31. The molecule has 15 heavy (non-hydrogen) atoms. The van der Waals surface area contributed by atoms with Crippen molar-refractivity contribution in [2.24, 2.45) is 0 Å². The molecule has 0 bridgehead atoms. The molecule has 80 valence electrons. The summed E-state index contributed by atoms with van der Waals surface area (Å²) in [5.41, 5.74) is 2.28. The summed E-state index contributed by atoms with van der Waals surface area (Å²) in [4.78, 5) is 0. The quantitative estimate of drug-likeness (QED) is 0.839.